The number of rotatable bonds is 15. The Morgan fingerprint density at radius 3 is 2.17 bits per heavy atom. The molecule has 2 atom stereocenters. The van der Waals surface area contributed by atoms with Crippen LogP contribution in [-0.2, 0) is 22.4 Å². The van der Waals surface area contributed by atoms with Crippen molar-refractivity contribution in [1.82, 2.24) is 9.97 Å². The summed E-state index contributed by atoms with van der Waals surface area (Å²) >= 11 is 0. The number of ketones is 2. The molecule has 0 N–H and O–H groups in total. The highest BCUT2D eigenvalue weighted by Crippen LogP contribution is 2.31. The van der Waals surface area contributed by atoms with Crippen LogP contribution in [0, 0.1) is 11.8 Å². The third-order valence-electron chi connectivity index (χ3n) is 7.46. The van der Waals surface area contributed by atoms with Crippen molar-refractivity contribution < 1.29 is 9.59 Å². The lowest BCUT2D eigenvalue weighted by molar-refractivity contribution is -0.135. The lowest BCUT2D eigenvalue weighted by Crippen LogP contribution is -2.32. The van der Waals surface area contributed by atoms with Gasteiger partial charge in [0, 0.05) is 30.8 Å². The molecule has 0 spiro atoms. The molecule has 0 amide bonds. The van der Waals surface area contributed by atoms with Gasteiger partial charge in [-0.25, -0.2) is 9.97 Å². The Kier molecular flexibility index (Phi) is 11.6. The molecule has 4 nitrogen and oxygen atoms in total. The lowest BCUT2D eigenvalue weighted by Gasteiger charge is -2.26. The number of carbonyl (C=O) groups excluding carboxylic acids is 2. The van der Waals surface area contributed by atoms with E-state index in [9.17, 15) is 9.59 Å². The average molecular weight is 477 g/mol. The third-order valence-corrected chi connectivity index (χ3v) is 7.46. The quantitative estimate of drug-likeness (QED) is 0.195. The van der Waals surface area contributed by atoms with Crippen LogP contribution in [0.4, 0.5) is 0 Å². The first-order valence-electron chi connectivity index (χ1n) is 14.1. The first kappa shape index (κ1) is 27.2. The van der Waals surface area contributed by atoms with Crippen molar-refractivity contribution in [2.24, 2.45) is 11.8 Å². The highest BCUT2D eigenvalue weighted by atomic mass is 16.1. The number of aromatic nitrogens is 2. The second kappa shape index (κ2) is 14.9. The van der Waals surface area contributed by atoms with E-state index in [4.69, 9.17) is 0 Å². The zero-order chi connectivity index (χ0) is 24.9. The topological polar surface area (TPSA) is 59.9 Å². The molecule has 0 radical (unpaired) electrons. The number of unbranched alkanes of at least 4 members (excludes halogenated alkanes) is 7. The Morgan fingerprint density at radius 2 is 1.49 bits per heavy atom. The van der Waals surface area contributed by atoms with E-state index in [1.165, 1.54) is 63.4 Å². The molecule has 1 fully saturated rings. The average Bonchev–Trinajstić information content (AvgIpc) is 2.87. The van der Waals surface area contributed by atoms with Gasteiger partial charge >= 0.3 is 0 Å². The Hall–Kier alpha value is -2.36. The SMILES string of the molecule is CCCCCCCCc1cnc(-c2ccc(CC(=O)C3CCC(CCCCC)CC3=O)cc2)nc1. The molecule has 0 bridgehead atoms. The molecule has 4 heteroatoms. The summed E-state index contributed by atoms with van der Waals surface area (Å²) in [6.07, 6.45) is 20.1. The number of hydrogen-bond acceptors (Lipinski definition) is 4. The molecule has 3 rings (SSSR count). The van der Waals surface area contributed by atoms with Crippen molar-refractivity contribution in [3.05, 3.63) is 47.8 Å². The molecule has 35 heavy (non-hydrogen) atoms. The van der Waals surface area contributed by atoms with Crippen LogP contribution < -0.4 is 0 Å². The van der Waals surface area contributed by atoms with E-state index in [1.54, 1.807) is 0 Å². The Morgan fingerprint density at radius 1 is 0.829 bits per heavy atom. The summed E-state index contributed by atoms with van der Waals surface area (Å²) in [5.41, 5.74) is 3.10. The zero-order valence-corrected chi connectivity index (χ0v) is 21.9. The van der Waals surface area contributed by atoms with E-state index in [1.807, 2.05) is 36.7 Å². The fourth-order valence-electron chi connectivity index (χ4n) is 5.20. The number of aryl methyl sites for hydroxylation is 1. The standard InChI is InChI=1S/C31H44N2O2/c1-3-5-7-8-9-11-13-26-22-32-31(33-23-26)27-17-14-25(15-18-27)21-30(35)28-19-16-24(20-29(28)34)12-10-6-4-2/h14-15,17-18,22-24,28H,3-13,16,19-21H2,1-2H3. The maximum atomic E-state index is 12.9. The van der Waals surface area contributed by atoms with E-state index in [0.29, 0.717) is 24.6 Å². The summed E-state index contributed by atoms with van der Waals surface area (Å²) in [5, 5.41) is 0. The van der Waals surface area contributed by atoms with Gasteiger partial charge in [-0.1, -0.05) is 95.9 Å². The van der Waals surface area contributed by atoms with Gasteiger partial charge < -0.3 is 0 Å². The summed E-state index contributed by atoms with van der Waals surface area (Å²) in [7, 11) is 0. The molecule has 1 aliphatic carbocycles. The molecule has 1 heterocycles. The van der Waals surface area contributed by atoms with Gasteiger partial charge in [-0.3, -0.25) is 9.59 Å². The number of nitrogens with zero attached hydrogens (tertiary/aromatic N) is 2. The molecule has 2 unspecified atom stereocenters. The maximum Gasteiger partial charge on any atom is 0.159 e. The van der Waals surface area contributed by atoms with Gasteiger partial charge in [-0.2, -0.15) is 0 Å². The maximum absolute atomic E-state index is 12.9. The van der Waals surface area contributed by atoms with Gasteiger partial charge in [0.05, 0.1) is 5.92 Å². The van der Waals surface area contributed by atoms with Gasteiger partial charge in [0.2, 0.25) is 0 Å². The zero-order valence-electron chi connectivity index (χ0n) is 21.9. The highest BCUT2D eigenvalue weighted by Gasteiger charge is 2.32. The fourth-order valence-corrected chi connectivity index (χ4v) is 5.20. The van der Waals surface area contributed by atoms with E-state index < -0.39 is 5.92 Å². The largest absolute Gasteiger partial charge is 0.299 e. The minimum Gasteiger partial charge on any atom is -0.299 e. The Labute approximate surface area is 212 Å². The van der Waals surface area contributed by atoms with Crippen molar-refractivity contribution in [2.45, 2.75) is 110 Å². The molecule has 1 aliphatic rings. The summed E-state index contributed by atoms with van der Waals surface area (Å²) in [4.78, 5) is 34.6. The summed E-state index contributed by atoms with van der Waals surface area (Å²) in [6.45, 7) is 4.45. The summed E-state index contributed by atoms with van der Waals surface area (Å²) in [5.74, 6) is 1.03. The summed E-state index contributed by atoms with van der Waals surface area (Å²) < 4.78 is 0. The number of carbonyl (C=O) groups is 2. The van der Waals surface area contributed by atoms with Crippen LogP contribution in [-0.4, -0.2) is 21.5 Å². The van der Waals surface area contributed by atoms with Crippen LogP contribution in [0.2, 0.25) is 0 Å². The third kappa shape index (κ3) is 8.98. The number of Topliss-reactive ketones (excluding diaryl/α,β-unsaturated/α-hetero) is 2. The first-order chi connectivity index (χ1) is 17.1. The monoisotopic (exact) mass is 476 g/mol. The molecular weight excluding hydrogens is 432 g/mol. The smallest absolute Gasteiger partial charge is 0.159 e. The molecule has 1 aromatic carbocycles. The van der Waals surface area contributed by atoms with Crippen LogP contribution >= 0.6 is 0 Å². The Balaban J connectivity index is 1.45. The highest BCUT2D eigenvalue weighted by molar-refractivity contribution is 6.03. The van der Waals surface area contributed by atoms with E-state index in [0.717, 1.165) is 36.8 Å². The molecule has 0 saturated heterocycles. The first-order valence-corrected chi connectivity index (χ1v) is 14.1. The van der Waals surface area contributed by atoms with Crippen molar-refractivity contribution in [1.29, 1.82) is 0 Å². The van der Waals surface area contributed by atoms with E-state index >= 15 is 0 Å². The fraction of sp³-hybridized carbons (Fsp3) is 0.613. The van der Waals surface area contributed by atoms with Gasteiger partial charge in [-0.05, 0) is 42.7 Å². The normalized spacial score (nSPS) is 18.1. The van der Waals surface area contributed by atoms with Crippen LogP contribution in [0.1, 0.15) is 108 Å². The minimum absolute atomic E-state index is 0.0741. The molecule has 2 aromatic rings. The summed E-state index contributed by atoms with van der Waals surface area (Å²) in [6, 6.07) is 7.92. The van der Waals surface area contributed by atoms with Crippen molar-refractivity contribution in [3.8, 4) is 11.4 Å². The second-order valence-electron chi connectivity index (χ2n) is 10.4. The molecule has 1 saturated carbocycles. The predicted molar refractivity (Wildman–Crippen MR) is 143 cm³/mol. The van der Waals surface area contributed by atoms with Crippen LogP contribution in [0.5, 0.6) is 0 Å². The number of benzene rings is 1. The number of hydrogen-bond donors (Lipinski definition) is 0. The predicted octanol–water partition coefficient (Wildman–Crippen LogP) is 7.72. The Bertz CT molecular complexity index is 905. The van der Waals surface area contributed by atoms with Crippen LogP contribution in [0.3, 0.4) is 0 Å². The van der Waals surface area contributed by atoms with Gasteiger partial charge in [0.1, 0.15) is 11.6 Å². The van der Waals surface area contributed by atoms with E-state index in [-0.39, 0.29) is 11.6 Å². The molecule has 190 valence electrons. The lowest BCUT2D eigenvalue weighted by atomic mass is 9.76. The second-order valence-corrected chi connectivity index (χ2v) is 10.4. The molecule has 1 aromatic heterocycles. The van der Waals surface area contributed by atoms with Gasteiger partial charge in [-0.15, -0.1) is 0 Å². The van der Waals surface area contributed by atoms with Crippen molar-refractivity contribution in [2.75, 3.05) is 0 Å². The molecule has 0 aliphatic heterocycles. The van der Waals surface area contributed by atoms with Crippen molar-refractivity contribution in [3.63, 3.8) is 0 Å². The van der Waals surface area contributed by atoms with Crippen LogP contribution in [0.25, 0.3) is 11.4 Å². The van der Waals surface area contributed by atoms with Crippen molar-refractivity contribution >= 4 is 11.6 Å². The minimum atomic E-state index is -0.403. The van der Waals surface area contributed by atoms with E-state index in [2.05, 4.69) is 23.8 Å². The van der Waals surface area contributed by atoms with Gasteiger partial charge in [0.15, 0.2) is 5.82 Å². The van der Waals surface area contributed by atoms with Crippen LogP contribution in [0.15, 0.2) is 36.7 Å². The van der Waals surface area contributed by atoms with Gasteiger partial charge in [0.25, 0.3) is 0 Å². The molecular formula is C31H44N2O2.